The molecule has 1 N–H and O–H groups in total. The van der Waals surface area contributed by atoms with Crippen LogP contribution in [-0.4, -0.2) is 28.4 Å². The van der Waals surface area contributed by atoms with Crippen LogP contribution in [0.5, 0.6) is 5.75 Å². The first kappa shape index (κ1) is 25.1. The summed E-state index contributed by atoms with van der Waals surface area (Å²) in [4.78, 5) is 22.0. The van der Waals surface area contributed by atoms with E-state index in [2.05, 4.69) is 4.99 Å². The van der Waals surface area contributed by atoms with Gasteiger partial charge in [-0.05, 0) is 30.2 Å². The van der Waals surface area contributed by atoms with Gasteiger partial charge in [-0.25, -0.2) is 0 Å². The van der Waals surface area contributed by atoms with Crippen molar-refractivity contribution in [2.24, 2.45) is 4.99 Å². The predicted octanol–water partition coefficient (Wildman–Crippen LogP) is 5.98. The first-order chi connectivity index (χ1) is 15.2. The Kier molecular flexibility index (Phi) is 9.02. The van der Waals surface area contributed by atoms with E-state index in [-0.39, 0.29) is 11.9 Å². The van der Waals surface area contributed by atoms with Crippen LogP contribution in [-0.2, 0) is 22.2 Å². The number of carbonyl (C=O) groups excluding carboxylic acids is 2. The fourth-order valence-corrected chi connectivity index (χ4v) is 4.04. The SMILES string of the molecule is CC(=NCC(=S)Cc1ccccc1)c1csc(-c2ccc(C(F)(F)F)cc2)c1O.O=C=O. The normalized spacial score (nSPS) is 11.3. The molecule has 2 aromatic carbocycles. The molecule has 3 aromatic rings. The number of thiophene rings is 1. The Hall–Kier alpha value is -3.13. The number of aromatic hydroxyl groups is 1. The van der Waals surface area contributed by atoms with Gasteiger partial charge in [0, 0.05) is 27.9 Å². The molecular weight excluding hydrogens is 459 g/mol. The molecule has 9 heteroatoms. The molecule has 0 fully saturated rings. The van der Waals surface area contributed by atoms with Gasteiger partial charge < -0.3 is 5.11 Å². The number of aliphatic imine (C=N–C) groups is 1. The van der Waals surface area contributed by atoms with Gasteiger partial charge >= 0.3 is 12.3 Å². The van der Waals surface area contributed by atoms with Gasteiger partial charge in [-0.15, -0.1) is 11.3 Å². The summed E-state index contributed by atoms with van der Waals surface area (Å²) in [6.45, 7) is 2.14. The Morgan fingerprint density at radius 1 is 1.09 bits per heavy atom. The van der Waals surface area contributed by atoms with Crippen molar-refractivity contribution in [2.75, 3.05) is 6.54 Å². The molecule has 0 aliphatic carbocycles. The summed E-state index contributed by atoms with van der Waals surface area (Å²) in [5.74, 6) is 0.0185. The van der Waals surface area contributed by atoms with E-state index in [9.17, 15) is 18.3 Å². The number of thiocarbonyl (C=S) groups is 1. The number of nitrogens with zero attached hydrogens (tertiary/aromatic N) is 1. The van der Waals surface area contributed by atoms with E-state index in [0.717, 1.165) is 22.6 Å². The third-order valence-corrected chi connectivity index (χ3v) is 5.66. The van der Waals surface area contributed by atoms with Crippen LogP contribution in [0.15, 0.2) is 65.0 Å². The van der Waals surface area contributed by atoms with Crippen molar-refractivity contribution in [3.05, 3.63) is 76.7 Å². The molecule has 4 nitrogen and oxygen atoms in total. The largest absolute Gasteiger partial charge is 0.506 e. The van der Waals surface area contributed by atoms with E-state index >= 15 is 0 Å². The van der Waals surface area contributed by atoms with Gasteiger partial charge in [0.05, 0.1) is 17.0 Å². The van der Waals surface area contributed by atoms with Gasteiger partial charge in [-0.1, -0.05) is 54.7 Å². The van der Waals surface area contributed by atoms with Crippen molar-refractivity contribution in [2.45, 2.75) is 19.5 Å². The molecule has 0 aliphatic rings. The molecule has 0 spiro atoms. The summed E-state index contributed by atoms with van der Waals surface area (Å²) in [5.41, 5.74) is 2.12. The van der Waals surface area contributed by atoms with Crippen molar-refractivity contribution in [3.8, 4) is 16.2 Å². The predicted molar refractivity (Wildman–Crippen MR) is 121 cm³/mol. The summed E-state index contributed by atoms with van der Waals surface area (Å²) in [7, 11) is 0. The molecule has 0 amide bonds. The Labute approximate surface area is 192 Å². The highest BCUT2D eigenvalue weighted by Gasteiger charge is 2.30. The molecule has 3 rings (SSSR count). The van der Waals surface area contributed by atoms with E-state index in [1.54, 1.807) is 12.3 Å². The zero-order chi connectivity index (χ0) is 23.7. The minimum absolute atomic E-state index is 0.0185. The number of halogens is 3. The van der Waals surface area contributed by atoms with E-state index in [1.807, 2.05) is 30.3 Å². The van der Waals surface area contributed by atoms with Crippen molar-refractivity contribution >= 4 is 40.3 Å². The fourth-order valence-electron chi connectivity index (χ4n) is 2.80. The smallest absolute Gasteiger partial charge is 0.416 e. The zero-order valence-corrected chi connectivity index (χ0v) is 18.5. The van der Waals surface area contributed by atoms with Crippen molar-refractivity contribution in [1.82, 2.24) is 0 Å². The maximum absolute atomic E-state index is 12.7. The van der Waals surface area contributed by atoms with Gasteiger partial charge in [-0.2, -0.15) is 22.8 Å². The second-order valence-corrected chi connectivity index (χ2v) is 8.05. The second-order valence-electron chi connectivity index (χ2n) is 6.59. The molecular formula is C23H18F3NO3S2. The average molecular weight is 478 g/mol. The van der Waals surface area contributed by atoms with Crippen molar-refractivity contribution in [1.29, 1.82) is 0 Å². The highest BCUT2D eigenvalue weighted by molar-refractivity contribution is 7.80. The highest BCUT2D eigenvalue weighted by Crippen LogP contribution is 2.40. The number of hydrogen-bond acceptors (Lipinski definition) is 6. The number of benzene rings is 2. The molecule has 1 aromatic heterocycles. The molecule has 166 valence electrons. The highest BCUT2D eigenvalue weighted by atomic mass is 32.1. The zero-order valence-electron chi connectivity index (χ0n) is 16.8. The van der Waals surface area contributed by atoms with E-state index < -0.39 is 11.7 Å². The lowest BCUT2D eigenvalue weighted by atomic mass is 10.1. The number of hydrogen-bond donors (Lipinski definition) is 1. The second kappa shape index (κ2) is 11.5. The van der Waals surface area contributed by atoms with E-state index in [4.69, 9.17) is 21.8 Å². The molecule has 32 heavy (non-hydrogen) atoms. The lowest BCUT2D eigenvalue weighted by molar-refractivity contribution is -0.191. The summed E-state index contributed by atoms with van der Waals surface area (Å²) in [6, 6.07) is 14.6. The van der Waals surface area contributed by atoms with Crippen LogP contribution in [0.25, 0.3) is 10.4 Å². The molecule has 0 bridgehead atoms. The third kappa shape index (κ3) is 6.95. The minimum atomic E-state index is -4.39. The van der Waals surface area contributed by atoms with Gasteiger partial charge in [0.2, 0.25) is 0 Å². The molecule has 0 aliphatic heterocycles. The first-order valence-electron chi connectivity index (χ1n) is 9.21. The standard InChI is InChI=1S/C22H18F3NOS2.CO2/c1-14(26-12-18(28)11-15-5-3-2-4-6-15)19-13-29-21(20(19)27)16-7-9-17(10-8-16)22(23,24)25;2-1-3/h2-10,13,27H,11-12H2,1H3;. The monoisotopic (exact) mass is 477 g/mol. The molecule has 1 heterocycles. The maximum Gasteiger partial charge on any atom is 0.416 e. The Morgan fingerprint density at radius 2 is 1.69 bits per heavy atom. The molecule has 0 unspecified atom stereocenters. The van der Waals surface area contributed by atoms with Crippen molar-refractivity contribution in [3.63, 3.8) is 0 Å². The van der Waals surface area contributed by atoms with E-state index in [0.29, 0.717) is 34.7 Å². The third-order valence-electron chi connectivity index (χ3n) is 4.37. The van der Waals surface area contributed by atoms with Gasteiger partial charge in [0.1, 0.15) is 5.75 Å². The van der Waals surface area contributed by atoms with Crippen LogP contribution in [0, 0.1) is 0 Å². The van der Waals surface area contributed by atoms with Gasteiger partial charge in [0.25, 0.3) is 0 Å². The van der Waals surface area contributed by atoms with Crippen molar-refractivity contribution < 1.29 is 27.9 Å². The lowest BCUT2D eigenvalue weighted by Crippen LogP contribution is -2.06. The van der Waals surface area contributed by atoms with Crippen LogP contribution < -0.4 is 0 Å². The van der Waals surface area contributed by atoms with Crippen LogP contribution in [0.2, 0.25) is 0 Å². The summed E-state index contributed by atoms with van der Waals surface area (Å²) < 4.78 is 38.2. The van der Waals surface area contributed by atoms with E-state index in [1.165, 1.54) is 23.5 Å². The number of rotatable bonds is 6. The fraction of sp³-hybridized carbons (Fsp3) is 0.174. The lowest BCUT2D eigenvalue weighted by Gasteiger charge is -2.07. The number of alkyl halides is 3. The first-order valence-corrected chi connectivity index (χ1v) is 10.5. The van der Waals surface area contributed by atoms with Crippen LogP contribution in [0.4, 0.5) is 13.2 Å². The van der Waals surface area contributed by atoms with Gasteiger partial charge in [-0.3, -0.25) is 4.99 Å². The summed E-state index contributed by atoms with van der Waals surface area (Å²) >= 11 is 6.67. The summed E-state index contributed by atoms with van der Waals surface area (Å²) in [6.07, 6.45) is -3.48. The maximum atomic E-state index is 12.7. The molecule has 0 saturated carbocycles. The molecule has 0 atom stereocenters. The molecule has 0 saturated heterocycles. The Morgan fingerprint density at radius 3 is 2.25 bits per heavy atom. The average Bonchev–Trinajstić information content (AvgIpc) is 3.14. The topological polar surface area (TPSA) is 66.7 Å². The van der Waals surface area contributed by atoms with Crippen LogP contribution >= 0.6 is 23.6 Å². The van der Waals surface area contributed by atoms with Crippen LogP contribution in [0.3, 0.4) is 0 Å². The van der Waals surface area contributed by atoms with Gasteiger partial charge in [0.15, 0.2) is 0 Å². The minimum Gasteiger partial charge on any atom is -0.506 e. The Bertz CT molecular complexity index is 1120. The quantitative estimate of drug-likeness (QED) is 0.351. The molecule has 0 radical (unpaired) electrons. The Balaban J connectivity index is 0.00000114. The van der Waals surface area contributed by atoms with Crippen LogP contribution in [0.1, 0.15) is 23.6 Å². The summed E-state index contributed by atoms with van der Waals surface area (Å²) in [5, 5.41) is 12.3.